The molecule has 2 N–H and O–H groups in total. The van der Waals surface area contributed by atoms with Gasteiger partial charge < -0.3 is 15.3 Å². The van der Waals surface area contributed by atoms with Crippen LogP contribution >= 0.6 is 11.3 Å². The van der Waals surface area contributed by atoms with Gasteiger partial charge in [-0.3, -0.25) is 0 Å². The van der Waals surface area contributed by atoms with Gasteiger partial charge in [0.25, 0.3) is 0 Å². The molecule has 2 rings (SSSR count). The van der Waals surface area contributed by atoms with Crippen molar-refractivity contribution in [2.24, 2.45) is 5.92 Å². The Labute approximate surface area is 118 Å². The SMILES string of the molecule is O=C(Nc1ccsc1)N1CCC(C(O)C(F)(F)F)CC1. The number of piperidine rings is 1. The Balaban J connectivity index is 1.83. The number of aliphatic hydroxyl groups excluding tert-OH is 1. The summed E-state index contributed by atoms with van der Waals surface area (Å²) in [6.45, 7) is 0.432. The number of aliphatic hydroxyl groups is 1. The molecule has 1 aromatic rings. The van der Waals surface area contributed by atoms with Gasteiger partial charge in [-0.2, -0.15) is 24.5 Å². The molecule has 2 amide bonds. The number of carbonyl (C=O) groups is 1. The van der Waals surface area contributed by atoms with E-state index >= 15 is 0 Å². The average molecular weight is 308 g/mol. The molecular weight excluding hydrogens is 293 g/mol. The van der Waals surface area contributed by atoms with Crippen molar-refractivity contribution < 1.29 is 23.1 Å². The molecular formula is C12H15F3N2O2S. The van der Waals surface area contributed by atoms with E-state index < -0.39 is 18.2 Å². The van der Waals surface area contributed by atoms with Gasteiger partial charge in [0, 0.05) is 18.5 Å². The Bertz CT molecular complexity index is 442. The summed E-state index contributed by atoms with van der Waals surface area (Å²) in [4.78, 5) is 13.3. The lowest BCUT2D eigenvalue weighted by atomic mass is 9.91. The van der Waals surface area contributed by atoms with E-state index in [0.717, 1.165) is 0 Å². The van der Waals surface area contributed by atoms with Gasteiger partial charge >= 0.3 is 12.2 Å². The predicted octanol–water partition coefficient (Wildman–Crippen LogP) is 2.92. The molecule has 0 aliphatic carbocycles. The van der Waals surface area contributed by atoms with Crippen LogP contribution in [0.1, 0.15) is 12.8 Å². The van der Waals surface area contributed by atoms with Gasteiger partial charge in [0.05, 0.1) is 5.69 Å². The molecule has 1 aliphatic rings. The molecule has 0 spiro atoms. The molecule has 0 aromatic carbocycles. The quantitative estimate of drug-likeness (QED) is 0.882. The first-order valence-corrected chi connectivity index (χ1v) is 7.15. The van der Waals surface area contributed by atoms with Crippen LogP contribution in [-0.4, -0.2) is 41.4 Å². The first-order valence-electron chi connectivity index (χ1n) is 6.21. The molecule has 1 aromatic heterocycles. The molecule has 0 bridgehead atoms. The van der Waals surface area contributed by atoms with Crippen molar-refractivity contribution in [2.75, 3.05) is 18.4 Å². The zero-order valence-electron chi connectivity index (χ0n) is 10.6. The highest BCUT2D eigenvalue weighted by Gasteiger charge is 2.44. The van der Waals surface area contributed by atoms with Crippen LogP contribution < -0.4 is 5.32 Å². The van der Waals surface area contributed by atoms with E-state index in [1.165, 1.54) is 16.2 Å². The Morgan fingerprint density at radius 3 is 2.60 bits per heavy atom. The molecule has 1 unspecified atom stereocenters. The van der Waals surface area contributed by atoms with Gasteiger partial charge in [0.1, 0.15) is 0 Å². The fourth-order valence-electron chi connectivity index (χ4n) is 2.22. The molecule has 112 valence electrons. The summed E-state index contributed by atoms with van der Waals surface area (Å²) in [7, 11) is 0. The zero-order valence-corrected chi connectivity index (χ0v) is 11.4. The lowest BCUT2D eigenvalue weighted by Gasteiger charge is -2.34. The molecule has 1 aliphatic heterocycles. The monoisotopic (exact) mass is 308 g/mol. The van der Waals surface area contributed by atoms with Crippen LogP contribution in [-0.2, 0) is 0 Å². The first-order chi connectivity index (χ1) is 9.38. The second-order valence-electron chi connectivity index (χ2n) is 4.75. The maximum Gasteiger partial charge on any atom is 0.414 e. The highest BCUT2D eigenvalue weighted by molar-refractivity contribution is 7.08. The third-order valence-corrected chi connectivity index (χ3v) is 4.06. The van der Waals surface area contributed by atoms with Crippen LogP contribution in [0.15, 0.2) is 16.8 Å². The highest BCUT2D eigenvalue weighted by Crippen LogP contribution is 2.31. The Morgan fingerprint density at radius 1 is 1.45 bits per heavy atom. The van der Waals surface area contributed by atoms with Gasteiger partial charge in [0.2, 0.25) is 0 Å². The number of amides is 2. The van der Waals surface area contributed by atoms with E-state index in [2.05, 4.69) is 5.32 Å². The minimum Gasteiger partial charge on any atom is -0.383 e. The van der Waals surface area contributed by atoms with Crippen molar-refractivity contribution in [1.29, 1.82) is 0 Å². The number of carbonyl (C=O) groups excluding carboxylic acids is 1. The Morgan fingerprint density at radius 2 is 2.10 bits per heavy atom. The van der Waals surface area contributed by atoms with E-state index in [1.807, 2.05) is 5.38 Å². The van der Waals surface area contributed by atoms with Gasteiger partial charge in [-0.25, -0.2) is 4.79 Å². The number of urea groups is 1. The van der Waals surface area contributed by atoms with Crippen LogP contribution in [0.5, 0.6) is 0 Å². The molecule has 4 nitrogen and oxygen atoms in total. The van der Waals surface area contributed by atoms with Crippen molar-refractivity contribution in [1.82, 2.24) is 4.90 Å². The molecule has 0 radical (unpaired) electrons. The van der Waals surface area contributed by atoms with Crippen LogP contribution in [0, 0.1) is 5.92 Å². The maximum absolute atomic E-state index is 12.4. The lowest BCUT2D eigenvalue weighted by molar-refractivity contribution is -0.222. The third-order valence-electron chi connectivity index (χ3n) is 3.38. The van der Waals surface area contributed by atoms with Crippen molar-refractivity contribution in [3.05, 3.63) is 16.8 Å². The molecule has 1 atom stereocenters. The zero-order chi connectivity index (χ0) is 14.8. The largest absolute Gasteiger partial charge is 0.414 e. The first kappa shape index (κ1) is 15.1. The molecule has 0 saturated carbocycles. The van der Waals surface area contributed by atoms with Crippen molar-refractivity contribution in [3.63, 3.8) is 0 Å². The van der Waals surface area contributed by atoms with Gasteiger partial charge in [-0.15, -0.1) is 0 Å². The van der Waals surface area contributed by atoms with Crippen LogP contribution in [0.25, 0.3) is 0 Å². The number of likely N-dealkylation sites (tertiary alicyclic amines) is 1. The molecule has 20 heavy (non-hydrogen) atoms. The van der Waals surface area contributed by atoms with Gasteiger partial charge in [-0.1, -0.05) is 0 Å². The fraction of sp³-hybridized carbons (Fsp3) is 0.583. The number of nitrogens with zero attached hydrogens (tertiary/aromatic N) is 1. The average Bonchev–Trinajstić information content (AvgIpc) is 2.90. The van der Waals surface area contributed by atoms with Gasteiger partial charge in [0.15, 0.2) is 6.10 Å². The second-order valence-corrected chi connectivity index (χ2v) is 5.53. The summed E-state index contributed by atoms with van der Waals surface area (Å²) >= 11 is 1.44. The van der Waals surface area contributed by atoms with Gasteiger partial charge in [-0.05, 0) is 30.2 Å². The third kappa shape index (κ3) is 3.63. The van der Waals surface area contributed by atoms with Crippen LogP contribution in [0.3, 0.4) is 0 Å². The van der Waals surface area contributed by atoms with Crippen molar-refractivity contribution in [2.45, 2.75) is 25.1 Å². The van der Waals surface area contributed by atoms with E-state index in [-0.39, 0.29) is 32.0 Å². The molecule has 1 fully saturated rings. The van der Waals surface area contributed by atoms with Crippen LogP contribution in [0.2, 0.25) is 0 Å². The van der Waals surface area contributed by atoms with E-state index in [4.69, 9.17) is 0 Å². The van der Waals surface area contributed by atoms with Crippen molar-refractivity contribution >= 4 is 23.1 Å². The molecule has 2 heterocycles. The number of hydrogen-bond donors (Lipinski definition) is 2. The second kappa shape index (κ2) is 6.01. The van der Waals surface area contributed by atoms with E-state index in [9.17, 15) is 23.1 Å². The molecule has 1 saturated heterocycles. The number of rotatable bonds is 2. The normalized spacial score (nSPS) is 18.9. The number of alkyl halides is 3. The minimum atomic E-state index is -4.59. The summed E-state index contributed by atoms with van der Waals surface area (Å²) in [5.41, 5.74) is 0.678. The van der Waals surface area contributed by atoms with Crippen LogP contribution in [0.4, 0.5) is 23.7 Å². The minimum absolute atomic E-state index is 0.151. The number of nitrogens with one attached hydrogen (secondary N) is 1. The smallest absolute Gasteiger partial charge is 0.383 e. The van der Waals surface area contributed by atoms with E-state index in [1.54, 1.807) is 11.4 Å². The highest BCUT2D eigenvalue weighted by atomic mass is 32.1. The van der Waals surface area contributed by atoms with E-state index in [0.29, 0.717) is 5.69 Å². The maximum atomic E-state index is 12.4. The van der Waals surface area contributed by atoms with Crippen molar-refractivity contribution in [3.8, 4) is 0 Å². The topological polar surface area (TPSA) is 52.6 Å². The molecule has 8 heteroatoms. The number of halogens is 3. The number of hydrogen-bond acceptors (Lipinski definition) is 3. The lowest BCUT2D eigenvalue weighted by Crippen LogP contribution is -2.46. The summed E-state index contributed by atoms with van der Waals surface area (Å²) in [5, 5.41) is 15.5. The summed E-state index contributed by atoms with van der Waals surface area (Å²) < 4.78 is 37.2. The summed E-state index contributed by atoms with van der Waals surface area (Å²) in [5.74, 6) is -0.833. The summed E-state index contributed by atoms with van der Waals surface area (Å²) in [6, 6.07) is 1.44. The Kier molecular flexibility index (Phi) is 4.54. The predicted molar refractivity (Wildman–Crippen MR) is 69.7 cm³/mol. The fourth-order valence-corrected chi connectivity index (χ4v) is 2.81. The Hall–Kier alpha value is -1.28. The number of thiophene rings is 1. The summed E-state index contributed by atoms with van der Waals surface area (Å²) in [6.07, 6.45) is -6.59. The standard InChI is InChI=1S/C12H15F3N2O2S/c13-12(14,15)10(18)8-1-4-17(5-2-8)11(19)16-9-3-6-20-7-9/h3,6-8,10,18H,1-2,4-5H2,(H,16,19). The number of anilines is 1.